The zero-order valence-electron chi connectivity index (χ0n) is 23.4. The maximum absolute atomic E-state index is 13.5. The number of benzene rings is 3. The molecule has 3 aromatic carbocycles. The maximum Gasteiger partial charge on any atom is 0.407 e. The van der Waals surface area contributed by atoms with Crippen LogP contribution in [0, 0.1) is 0 Å². The van der Waals surface area contributed by atoms with Gasteiger partial charge in [-0.25, -0.2) is 4.79 Å². The first-order chi connectivity index (χ1) is 19.9. The smallest absolute Gasteiger partial charge is 0.407 e. The Labute approximate surface area is 240 Å². The lowest BCUT2D eigenvalue weighted by molar-refractivity contribution is -0.138. The lowest BCUT2D eigenvalue weighted by atomic mass is 9.98. The Kier molecular flexibility index (Phi) is 8.99. The summed E-state index contributed by atoms with van der Waals surface area (Å²) in [7, 11) is 1.74. The number of aliphatic carboxylic acids is 1. The number of carbonyl (C=O) groups excluding carboxylic acids is 2. The number of likely N-dealkylation sites (tertiary alicyclic amines) is 1. The first-order valence-corrected chi connectivity index (χ1v) is 14.3. The van der Waals surface area contributed by atoms with Crippen LogP contribution in [0.3, 0.4) is 0 Å². The van der Waals surface area contributed by atoms with Gasteiger partial charge in [-0.05, 0) is 47.1 Å². The third-order valence-corrected chi connectivity index (χ3v) is 8.28. The van der Waals surface area contributed by atoms with Crippen molar-refractivity contribution in [2.24, 2.45) is 0 Å². The van der Waals surface area contributed by atoms with Gasteiger partial charge in [-0.1, -0.05) is 78.9 Å². The first-order valence-electron chi connectivity index (χ1n) is 14.3. The topological polar surface area (TPSA) is 99.2 Å². The number of carboxylic acids is 1. The molecular formula is C33H37N3O5. The van der Waals surface area contributed by atoms with Crippen molar-refractivity contribution in [3.05, 3.63) is 95.6 Å². The van der Waals surface area contributed by atoms with Crippen molar-refractivity contribution in [1.29, 1.82) is 0 Å². The van der Waals surface area contributed by atoms with Crippen LogP contribution in [-0.2, 0) is 20.9 Å². The highest BCUT2D eigenvalue weighted by Crippen LogP contribution is 2.44. The average molecular weight is 556 g/mol. The lowest BCUT2D eigenvalue weighted by Crippen LogP contribution is -2.53. The van der Waals surface area contributed by atoms with Gasteiger partial charge < -0.3 is 20.1 Å². The molecule has 1 atom stereocenters. The van der Waals surface area contributed by atoms with Gasteiger partial charge in [-0.2, -0.15) is 0 Å². The van der Waals surface area contributed by atoms with E-state index in [2.05, 4.69) is 34.5 Å². The molecule has 0 radical (unpaired) electrons. The van der Waals surface area contributed by atoms with Crippen LogP contribution in [0.15, 0.2) is 78.9 Å². The quantitative estimate of drug-likeness (QED) is 0.370. The van der Waals surface area contributed by atoms with Crippen molar-refractivity contribution in [1.82, 2.24) is 15.1 Å². The molecule has 1 aliphatic heterocycles. The fourth-order valence-corrected chi connectivity index (χ4v) is 6.04. The highest BCUT2D eigenvalue weighted by atomic mass is 16.5. The first kappa shape index (κ1) is 28.4. The highest BCUT2D eigenvalue weighted by Gasteiger charge is 2.33. The fourth-order valence-electron chi connectivity index (χ4n) is 6.04. The van der Waals surface area contributed by atoms with Crippen LogP contribution in [0.1, 0.15) is 48.3 Å². The molecule has 2 N–H and O–H groups in total. The normalized spacial score (nSPS) is 15.9. The number of carboxylic acid groups (broad SMARTS) is 1. The van der Waals surface area contributed by atoms with Gasteiger partial charge in [0.15, 0.2) is 0 Å². The molecule has 2 amide bonds. The van der Waals surface area contributed by atoms with E-state index in [0.29, 0.717) is 0 Å². The van der Waals surface area contributed by atoms with Gasteiger partial charge in [0.1, 0.15) is 12.6 Å². The van der Waals surface area contributed by atoms with E-state index < -0.39 is 18.1 Å². The standard InChI is InChI=1S/C33H37N3O5/c1-35(24-17-19-36(20-18-24)21-23-9-3-2-4-10-23)32(39)30(15-16-31(37)38)34-33(40)41-22-29-27-13-7-5-11-25(27)26-12-6-8-14-28(26)29/h2-14,24,29-30H,15-22H2,1H3,(H,34,40)(H,37,38). The Morgan fingerprint density at radius 1 is 0.927 bits per heavy atom. The molecule has 0 bridgehead atoms. The van der Waals surface area contributed by atoms with Gasteiger partial charge in [-0.15, -0.1) is 0 Å². The molecule has 1 heterocycles. The molecule has 214 valence electrons. The summed E-state index contributed by atoms with van der Waals surface area (Å²) in [5.74, 6) is -1.42. The summed E-state index contributed by atoms with van der Waals surface area (Å²) in [5.41, 5.74) is 5.71. The number of amides is 2. The molecule has 2 aliphatic rings. The summed E-state index contributed by atoms with van der Waals surface area (Å²) in [4.78, 5) is 41.8. The summed E-state index contributed by atoms with van der Waals surface area (Å²) >= 11 is 0. The van der Waals surface area contributed by atoms with Crippen LogP contribution in [0.25, 0.3) is 11.1 Å². The number of rotatable bonds is 10. The fraction of sp³-hybridized carbons (Fsp3) is 0.364. The predicted octanol–water partition coefficient (Wildman–Crippen LogP) is 4.88. The van der Waals surface area contributed by atoms with Gasteiger partial charge in [0.25, 0.3) is 0 Å². The maximum atomic E-state index is 13.5. The average Bonchev–Trinajstić information content (AvgIpc) is 3.32. The Balaban J connectivity index is 1.18. The van der Waals surface area contributed by atoms with Crippen molar-refractivity contribution in [2.75, 3.05) is 26.7 Å². The number of nitrogens with one attached hydrogen (secondary N) is 1. The van der Waals surface area contributed by atoms with Crippen molar-refractivity contribution in [2.45, 2.75) is 50.2 Å². The van der Waals surface area contributed by atoms with E-state index in [-0.39, 0.29) is 37.3 Å². The Hall–Kier alpha value is -4.17. The van der Waals surface area contributed by atoms with Crippen LogP contribution in [-0.4, -0.2) is 71.7 Å². The molecular weight excluding hydrogens is 518 g/mol. The molecule has 1 fully saturated rings. The van der Waals surface area contributed by atoms with Crippen LogP contribution in [0.4, 0.5) is 4.79 Å². The van der Waals surface area contributed by atoms with E-state index in [4.69, 9.17) is 4.74 Å². The summed E-state index contributed by atoms with van der Waals surface area (Å²) in [6, 6.07) is 25.5. The number of likely N-dealkylation sites (N-methyl/N-ethyl adjacent to an activating group) is 1. The molecule has 0 spiro atoms. The highest BCUT2D eigenvalue weighted by molar-refractivity contribution is 5.86. The number of fused-ring (bicyclic) bond motifs is 3. The van der Waals surface area contributed by atoms with Crippen LogP contribution in [0.2, 0.25) is 0 Å². The van der Waals surface area contributed by atoms with Crippen molar-refractivity contribution < 1.29 is 24.2 Å². The number of hydrogen-bond acceptors (Lipinski definition) is 5. The number of carbonyl (C=O) groups is 3. The second-order valence-electron chi connectivity index (χ2n) is 10.9. The number of ether oxygens (including phenoxy) is 1. The SMILES string of the molecule is CN(C(=O)C(CCC(=O)O)NC(=O)OCC1c2ccccc2-c2ccccc21)C1CCN(Cc2ccccc2)CC1. The minimum absolute atomic E-state index is 0.00441. The predicted molar refractivity (Wildman–Crippen MR) is 156 cm³/mol. The van der Waals surface area contributed by atoms with Crippen molar-refractivity contribution in [3.8, 4) is 11.1 Å². The van der Waals surface area contributed by atoms with E-state index in [1.54, 1.807) is 11.9 Å². The van der Waals surface area contributed by atoms with Gasteiger partial charge in [0.2, 0.25) is 5.91 Å². The minimum atomic E-state index is -1.02. The van der Waals surface area contributed by atoms with E-state index in [9.17, 15) is 19.5 Å². The van der Waals surface area contributed by atoms with Crippen LogP contribution < -0.4 is 5.32 Å². The Morgan fingerprint density at radius 2 is 1.51 bits per heavy atom. The van der Waals surface area contributed by atoms with E-state index >= 15 is 0 Å². The Bertz CT molecular complexity index is 1320. The van der Waals surface area contributed by atoms with Gasteiger partial charge in [0, 0.05) is 45.1 Å². The monoisotopic (exact) mass is 555 g/mol. The van der Waals surface area contributed by atoms with Gasteiger partial charge in [0.05, 0.1) is 0 Å². The lowest BCUT2D eigenvalue weighted by Gasteiger charge is -2.38. The molecule has 5 rings (SSSR count). The molecule has 0 aromatic heterocycles. The molecule has 41 heavy (non-hydrogen) atoms. The molecule has 1 aliphatic carbocycles. The van der Waals surface area contributed by atoms with Gasteiger partial charge in [-0.3, -0.25) is 14.5 Å². The van der Waals surface area contributed by atoms with Crippen molar-refractivity contribution >= 4 is 18.0 Å². The molecule has 3 aromatic rings. The zero-order valence-corrected chi connectivity index (χ0v) is 23.4. The molecule has 8 nitrogen and oxygen atoms in total. The van der Waals surface area contributed by atoms with Crippen LogP contribution in [0.5, 0.6) is 0 Å². The summed E-state index contributed by atoms with van der Waals surface area (Å²) < 4.78 is 5.65. The van der Waals surface area contributed by atoms with Crippen molar-refractivity contribution in [3.63, 3.8) is 0 Å². The van der Waals surface area contributed by atoms with Crippen LogP contribution >= 0.6 is 0 Å². The summed E-state index contributed by atoms with van der Waals surface area (Å²) in [6.07, 6.45) is 0.665. The molecule has 0 saturated carbocycles. The second kappa shape index (κ2) is 13.0. The van der Waals surface area contributed by atoms with Gasteiger partial charge >= 0.3 is 12.1 Å². The minimum Gasteiger partial charge on any atom is -0.481 e. The summed E-state index contributed by atoms with van der Waals surface area (Å²) in [6.45, 7) is 2.71. The Morgan fingerprint density at radius 3 is 2.12 bits per heavy atom. The second-order valence-corrected chi connectivity index (χ2v) is 10.9. The zero-order chi connectivity index (χ0) is 28.8. The number of alkyl carbamates (subject to hydrolysis) is 1. The number of nitrogens with zero attached hydrogens (tertiary/aromatic N) is 2. The summed E-state index contributed by atoms with van der Waals surface area (Å²) in [5, 5.41) is 12.0. The number of piperidine rings is 1. The number of hydrogen-bond donors (Lipinski definition) is 2. The van der Waals surface area contributed by atoms with E-state index in [0.717, 1.165) is 54.7 Å². The van der Waals surface area contributed by atoms with E-state index in [1.165, 1.54) is 5.56 Å². The molecule has 8 heteroatoms. The third kappa shape index (κ3) is 6.77. The van der Waals surface area contributed by atoms with E-state index in [1.807, 2.05) is 54.6 Å². The molecule has 1 saturated heterocycles. The third-order valence-electron chi connectivity index (χ3n) is 8.28. The largest absolute Gasteiger partial charge is 0.481 e. The molecule has 1 unspecified atom stereocenters.